The number of aliphatic imine (C=N–C) groups is 1. The lowest BCUT2D eigenvalue weighted by molar-refractivity contribution is -0.285. The SMILES string of the molecule is BrC1=NC(Br)N(Oc2ccccc2)C(Br)(Oc2ccccc2)N1Oc1ccccc1. The third kappa shape index (κ3) is 4.64. The summed E-state index contributed by atoms with van der Waals surface area (Å²) in [5.74, 6) is 1.80. The first kappa shape index (κ1) is 21.2. The second-order valence-corrected chi connectivity index (χ2v) is 8.64. The van der Waals surface area contributed by atoms with Crippen molar-refractivity contribution in [2.24, 2.45) is 4.99 Å². The summed E-state index contributed by atoms with van der Waals surface area (Å²) in [6.07, 6.45) is 0. The van der Waals surface area contributed by atoms with E-state index in [2.05, 4.69) is 52.8 Å². The fraction of sp³-hybridized carbons (Fsp3) is 0.0952. The minimum Gasteiger partial charge on any atom is -0.441 e. The third-order valence-electron chi connectivity index (χ3n) is 3.97. The summed E-state index contributed by atoms with van der Waals surface area (Å²) in [4.78, 5) is 16.8. The molecule has 2 unspecified atom stereocenters. The topological polar surface area (TPSA) is 46.5 Å². The minimum atomic E-state index is -1.42. The fourth-order valence-electron chi connectivity index (χ4n) is 2.63. The molecule has 0 radical (unpaired) electrons. The molecule has 6 nitrogen and oxygen atoms in total. The van der Waals surface area contributed by atoms with Gasteiger partial charge in [0.05, 0.1) is 0 Å². The fourth-order valence-corrected chi connectivity index (χ4v) is 5.17. The largest absolute Gasteiger partial charge is 0.441 e. The van der Waals surface area contributed by atoms with E-state index in [0.29, 0.717) is 22.0 Å². The Labute approximate surface area is 199 Å². The van der Waals surface area contributed by atoms with Gasteiger partial charge in [-0.3, -0.25) is 0 Å². The van der Waals surface area contributed by atoms with Gasteiger partial charge < -0.3 is 14.4 Å². The highest BCUT2D eigenvalue weighted by atomic mass is 79.9. The summed E-state index contributed by atoms with van der Waals surface area (Å²) in [6, 6.07) is 28.0. The first-order valence-electron chi connectivity index (χ1n) is 8.92. The van der Waals surface area contributed by atoms with Crippen molar-refractivity contribution >= 4 is 52.5 Å². The van der Waals surface area contributed by atoms with Crippen molar-refractivity contribution in [2.45, 2.75) is 9.83 Å². The summed E-state index contributed by atoms with van der Waals surface area (Å²) in [6.45, 7) is 0. The smallest absolute Gasteiger partial charge is 0.369 e. The van der Waals surface area contributed by atoms with Gasteiger partial charge >= 0.3 is 4.76 Å². The molecule has 154 valence electrons. The van der Waals surface area contributed by atoms with Crippen molar-refractivity contribution in [3.63, 3.8) is 0 Å². The zero-order valence-corrected chi connectivity index (χ0v) is 20.2. The molecule has 1 aliphatic heterocycles. The van der Waals surface area contributed by atoms with Gasteiger partial charge in [-0.1, -0.05) is 54.6 Å². The molecule has 30 heavy (non-hydrogen) atoms. The zero-order valence-electron chi connectivity index (χ0n) is 15.4. The van der Waals surface area contributed by atoms with Gasteiger partial charge in [0.1, 0.15) is 11.5 Å². The van der Waals surface area contributed by atoms with E-state index < -0.39 is 9.83 Å². The number of hydrogen-bond acceptors (Lipinski definition) is 6. The van der Waals surface area contributed by atoms with Crippen LogP contribution in [0, 0.1) is 0 Å². The average molecular weight is 598 g/mol. The molecule has 0 aliphatic carbocycles. The Bertz CT molecular complexity index is 995. The van der Waals surface area contributed by atoms with Crippen LogP contribution in [0.15, 0.2) is 96.0 Å². The lowest BCUT2D eigenvalue weighted by atomic mass is 10.3. The minimum absolute atomic E-state index is 0.397. The highest BCUT2D eigenvalue weighted by Crippen LogP contribution is 2.40. The molecule has 9 heteroatoms. The molecule has 1 aliphatic rings. The quantitative estimate of drug-likeness (QED) is 0.254. The van der Waals surface area contributed by atoms with Crippen LogP contribution in [0.1, 0.15) is 0 Å². The lowest BCUT2D eigenvalue weighted by Gasteiger charge is -2.46. The van der Waals surface area contributed by atoms with Gasteiger partial charge in [-0.2, -0.15) is 0 Å². The van der Waals surface area contributed by atoms with E-state index >= 15 is 0 Å². The molecule has 0 spiro atoms. The van der Waals surface area contributed by atoms with Crippen LogP contribution in [0.4, 0.5) is 0 Å². The van der Waals surface area contributed by atoms with Crippen LogP contribution < -0.4 is 14.4 Å². The number of alkyl halides is 2. The number of halogens is 3. The Morgan fingerprint density at radius 1 is 0.733 bits per heavy atom. The Morgan fingerprint density at radius 3 is 1.73 bits per heavy atom. The lowest BCUT2D eigenvalue weighted by Crippen LogP contribution is -2.67. The number of benzene rings is 3. The van der Waals surface area contributed by atoms with Gasteiger partial charge in [-0.25, -0.2) is 4.99 Å². The van der Waals surface area contributed by atoms with E-state index in [1.54, 1.807) is 0 Å². The highest BCUT2D eigenvalue weighted by Gasteiger charge is 2.55. The van der Waals surface area contributed by atoms with Crippen LogP contribution in [0.2, 0.25) is 0 Å². The molecule has 0 saturated heterocycles. The Balaban J connectivity index is 1.74. The molecule has 4 rings (SSSR count). The van der Waals surface area contributed by atoms with E-state index in [0.717, 1.165) is 0 Å². The van der Waals surface area contributed by atoms with Crippen molar-refractivity contribution in [1.82, 2.24) is 10.1 Å². The van der Waals surface area contributed by atoms with Crippen LogP contribution in [0.5, 0.6) is 17.2 Å². The predicted molar refractivity (Wildman–Crippen MR) is 126 cm³/mol. The van der Waals surface area contributed by atoms with Gasteiger partial charge in [0.25, 0.3) is 0 Å². The number of rotatable bonds is 6. The zero-order chi connectivity index (χ0) is 21.0. The molecule has 0 fully saturated rings. The molecule has 0 aromatic heterocycles. The second kappa shape index (κ2) is 9.38. The highest BCUT2D eigenvalue weighted by molar-refractivity contribution is 9.18. The summed E-state index contributed by atoms with van der Waals surface area (Å²) in [7, 11) is 0. The van der Waals surface area contributed by atoms with Crippen LogP contribution in [-0.4, -0.2) is 24.7 Å². The first-order chi connectivity index (χ1) is 14.6. The van der Waals surface area contributed by atoms with Crippen LogP contribution >= 0.6 is 47.8 Å². The molecule has 3 aromatic rings. The van der Waals surface area contributed by atoms with E-state index in [1.807, 2.05) is 91.0 Å². The summed E-state index contributed by atoms with van der Waals surface area (Å²) in [5.41, 5.74) is 0. The van der Waals surface area contributed by atoms with Gasteiger partial charge in [0, 0.05) is 15.9 Å². The average Bonchev–Trinajstić information content (AvgIpc) is 2.76. The summed E-state index contributed by atoms with van der Waals surface area (Å²) >= 11 is 10.7. The van der Waals surface area contributed by atoms with Crippen molar-refractivity contribution in [2.75, 3.05) is 0 Å². The van der Waals surface area contributed by atoms with E-state index in [9.17, 15) is 0 Å². The van der Waals surface area contributed by atoms with Crippen molar-refractivity contribution in [3.8, 4) is 17.2 Å². The van der Waals surface area contributed by atoms with E-state index in [4.69, 9.17) is 14.4 Å². The monoisotopic (exact) mass is 595 g/mol. The second-order valence-electron chi connectivity index (χ2n) is 6.08. The molecular formula is C21H16Br3N3O3. The third-order valence-corrected chi connectivity index (χ3v) is 5.91. The normalized spacial score (nSPS) is 21.6. The van der Waals surface area contributed by atoms with Crippen LogP contribution in [0.3, 0.4) is 0 Å². The molecule has 0 amide bonds. The van der Waals surface area contributed by atoms with Crippen molar-refractivity contribution in [1.29, 1.82) is 0 Å². The number of hydroxylamine groups is 4. The number of ether oxygens (including phenoxy) is 1. The molecule has 1 heterocycles. The van der Waals surface area contributed by atoms with Crippen molar-refractivity contribution < 1.29 is 14.4 Å². The Hall–Kier alpha value is -2.07. The molecule has 3 aromatic carbocycles. The van der Waals surface area contributed by atoms with Crippen LogP contribution in [-0.2, 0) is 0 Å². The standard InChI is InChI=1S/C21H16Br3N3O3/c22-19-25-20(23)27(30-18-14-8-3-9-15-18)21(24,28-16-10-4-1-5-11-16)26(19)29-17-12-6-2-7-13-17/h1-15,19H. The van der Waals surface area contributed by atoms with E-state index in [1.165, 1.54) is 10.1 Å². The maximum atomic E-state index is 6.33. The summed E-state index contributed by atoms with van der Waals surface area (Å²) in [5, 5.41) is 2.35. The Morgan fingerprint density at radius 2 is 1.20 bits per heavy atom. The maximum absolute atomic E-state index is 6.33. The van der Waals surface area contributed by atoms with Gasteiger partial charge in [-0.15, -0.1) is 5.06 Å². The predicted octanol–water partition coefficient (Wildman–Crippen LogP) is 6.11. The number of para-hydroxylation sites is 3. The Kier molecular flexibility index (Phi) is 6.62. The van der Waals surface area contributed by atoms with Gasteiger partial charge in [-0.05, 0) is 73.3 Å². The van der Waals surface area contributed by atoms with Gasteiger partial charge in [0.2, 0.25) is 9.82 Å². The number of nitrogens with zero attached hydrogens (tertiary/aromatic N) is 3. The molecular weight excluding hydrogens is 582 g/mol. The van der Waals surface area contributed by atoms with Gasteiger partial charge in [0.15, 0.2) is 5.75 Å². The summed E-state index contributed by atoms with van der Waals surface area (Å²) < 4.78 is 5.31. The molecule has 2 atom stereocenters. The molecule has 0 bridgehead atoms. The maximum Gasteiger partial charge on any atom is 0.369 e. The molecule has 0 saturated carbocycles. The van der Waals surface area contributed by atoms with Crippen LogP contribution in [0.25, 0.3) is 0 Å². The molecule has 0 N–H and O–H groups in total. The first-order valence-corrected chi connectivity index (χ1v) is 11.4. The van der Waals surface area contributed by atoms with Crippen molar-refractivity contribution in [3.05, 3.63) is 91.0 Å². The van der Waals surface area contributed by atoms with E-state index in [-0.39, 0.29) is 0 Å². The number of amidine groups is 1. The number of hydrogen-bond donors (Lipinski definition) is 0.